The van der Waals surface area contributed by atoms with Gasteiger partial charge in [0.25, 0.3) is 0 Å². The molecule has 0 unspecified atom stereocenters. The average molecular weight is 476 g/mol. The van der Waals surface area contributed by atoms with Crippen LogP contribution in [0, 0.1) is 12.8 Å². The van der Waals surface area contributed by atoms with E-state index < -0.39 is 10.0 Å². The van der Waals surface area contributed by atoms with Crippen LogP contribution >= 0.6 is 34.8 Å². The van der Waals surface area contributed by atoms with E-state index in [2.05, 4.69) is 5.32 Å². The molecule has 1 fully saturated rings. The van der Waals surface area contributed by atoms with Crippen molar-refractivity contribution in [3.05, 3.63) is 62.6 Å². The number of sulfonamides is 1. The third-order valence-electron chi connectivity index (χ3n) is 5.02. The zero-order valence-electron chi connectivity index (χ0n) is 15.8. The molecule has 156 valence electrons. The van der Waals surface area contributed by atoms with Crippen molar-refractivity contribution in [3.63, 3.8) is 0 Å². The summed E-state index contributed by atoms with van der Waals surface area (Å²) in [6.07, 6.45) is 0.929. The third kappa shape index (κ3) is 5.64. The molecular weight excluding hydrogens is 455 g/mol. The largest absolute Gasteiger partial charge is 0.326 e. The molecule has 3 rings (SSSR count). The second-order valence-electron chi connectivity index (χ2n) is 7.11. The van der Waals surface area contributed by atoms with E-state index in [-0.39, 0.29) is 17.6 Å². The number of anilines is 1. The highest BCUT2D eigenvalue weighted by Gasteiger charge is 2.31. The number of benzene rings is 2. The highest BCUT2D eigenvalue weighted by atomic mass is 35.5. The average Bonchev–Trinajstić information content (AvgIpc) is 2.66. The Morgan fingerprint density at radius 3 is 2.31 bits per heavy atom. The van der Waals surface area contributed by atoms with Gasteiger partial charge in [-0.1, -0.05) is 40.9 Å². The van der Waals surface area contributed by atoms with Crippen molar-refractivity contribution in [1.29, 1.82) is 0 Å². The number of piperidine rings is 1. The molecule has 0 saturated carbocycles. The van der Waals surface area contributed by atoms with Crippen molar-refractivity contribution in [2.75, 3.05) is 18.4 Å². The van der Waals surface area contributed by atoms with Crippen LogP contribution in [0.5, 0.6) is 0 Å². The van der Waals surface area contributed by atoms with Gasteiger partial charge in [-0.2, -0.15) is 0 Å². The number of hydrogen-bond donors (Lipinski definition) is 1. The van der Waals surface area contributed by atoms with Crippen molar-refractivity contribution in [2.45, 2.75) is 25.5 Å². The molecule has 0 spiro atoms. The minimum absolute atomic E-state index is 0.104. The Hall–Kier alpha value is -1.31. The molecule has 1 aliphatic rings. The lowest BCUT2D eigenvalue weighted by molar-refractivity contribution is -0.120. The molecule has 1 N–H and O–H groups in total. The molecule has 0 atom stereocenters. The lowest BCUT2D eigenvalue weighted by Gasteiger charge is -2.30. The van der Waals surface area contributed by atoms with E-state index in [0.29, 0.717) is 52.2 Å². The molecule has 5 nitrogen and oxygen atoms in total. The molecule has 1 saturated heterocycles. The fraction of sp³-hybridized carbons (Fsp3) is 0.350. The smallest absolute Gasteiger partial charge is 0.227 e. The third-order valence-corrected chi connectivity index (χ3v) is 7.67. The van der Waals surface area contributed by atoms with E-state index >= 15 is 0 Å². The molecule has 0 bridgehead atoms. The molecule has 29 heavy (non-hydrogen) atoms. The molecule has 1 aliphatic heterocycles. The fourth-order valence-electron chi connectivity index (χ4n) is 3.32. The maximum atomic E-state index is 12.8. The van der Waals surface area contributed by atoms with E-state index in [9.17, 15) is 13.2 Å². The number of halogens is 3. The first-order valence-corrected chi connectivity index (χ1v) is 11.9. The number of hydrogen-bond acceptors (Lipinski definition) is 3. The van der Waals surface area contributed by atoms with Gasteiger partial charge in [0.2, 0.25) is 15.9 Å². The molecule has 2 aromatic carbocycles. The fourth-order valence-corrected chi connectivity index (χ4v) is 5.70. The minimum atomic E-state index is -3.53. The summed E-state index contributed by atoms with van der Waals surface area (Å²) in [4.78, 5) is 12.6. The Balaban J connectivity index is 1.59. The molecule has 0 aromatic heterocycles. The maximum absolute atomic E-state index is 12.8. The summed E-state index contributed by atoms with van der Waals surface area (Å²) in [5.41, 5.74) is 2.10. The highest BCUT2D eigenvalue weighted by molar-refractivity contribution is 7.88. The Kier molecular flexibility index (Phi) is 7.12. The normalized spacial score (nSPS) is 16.0. The predicted molar refractivity (Wildman–Crippen MR) is 118 cm³/mol. The van der Waals surface area contributed by atoms with Gasteiger partial charge >= 0.3 is 0 Å². The van der Waals surface area contributed by atoms with Crippen LogP contribution in [0.3, 0.4) is 0 Å². The number of nitrogens with zero attached hydrogens (tertiary/aromatic N) is 1. The minimum Gasteiger partial charge on any atom is -0.326 e. The number of aryl methyl sites for hydroxylation is 1. The quantitative estimate of drug-likeness (QED) is 0.651. The van der Waals surface area contributed by atoms with Gasteiger partial charge in [-0.3, -0.25) is 4.79 Å². The zero-order valence-corrected chi connectivity index (χ0v) is 18.9. The summed E-state index contributed by atoms with van der Waals surface area (Å²) < 4.78 is 26.9. The van der Waals surface area contributed by atoms with Gasteiger partial charge in [0.1, 0.15) is 0 Å². The second-order valence-corrected chi connectivity index (χ2v) is 10.4. The number of carbonyl (C=O) groups excluding carboxylic acids is 1. The lowest BCUT2D eigenvalue weighted by Crippen LogP contribution is -2.42. The Morgan fingerprint density at radius 2 is 1.69 bits per heavy atom. The number of amides is 1. The van der Waals surface area contributed by atoms with E-state index in [1.54, 1.807) is 30.3 Å². The SMILES string of the molecule is Cc1cc(Cl)ccc1NC(=O)C1CCN(S(=O)(=O)Cc2ccc(Cl)cc2Cl)CC1. The standard InChI is InChI=1S/C20H21Cl3N2O3S/c1-13-10-16(21)4-5-19(13)24-20(26)14-6-8-25(9-7-14)29(27,28)12-15-2-3-17(22)11-18(15)23/h2-5,10-11,14H,6-9,12H2,1H3,(H,24,26). The molecule has 0 aliphatic carbocycles. The van der Waals surface area contributed by atoms with Crippen LogP contribution in [0.4, 0.5) is 5.69 Å². The van der Waals surface area contributed by atoms with Crippen molar-refractivity contribution in [2.24, 2.45) is 5.92 Å². The van der Waals surface area contributed by atoms with Gasteiger partial charge in [0, 0.05) is 39.8 Å². The predicted octanol–water partition coefficient (Wildman–Crippen LogP) is 5.14. The molecule has 1 amide bonds. The van der Waals surface area contributed by atoms with Crippen molar-refractivity contribution < 1.29 is 13.2 Å². The van der Waals surface area contributed by atoms with E-state index in [0.717, 1.165) is 5.56 Å². The Bertz CT molecular complexity index is 1020. The van der Waals surface area contributed by atoms with E-state index in [1.165, 1.54) is 10.4 Å². The molecule has 1 heterocycles. The molecule has 0 radical (unpaired) electrons. The summed E-state index contributed by atoms with van der Waals surface area (Å²) in [6.45, 7) is 2.47. The summed E-state index contributed by atoms with van der Waals surface area (Å²) in [7, 11) is -3.53. The monoisotopic (exact) mass is 474 g/mol. The summed E-state index contributed by atoms with van der Waals surface area (Å²) >= 11 is 17.9. The van der Waals surface area contributed by atoms with Crippen LogP contribution in [-0.4, -0.2) is 31.7 Å². The van der Waals surface area contributed by atoms with E-state index in [1.807, 2.05) is 6.92 Å². The van der Waals surface area contributed by atoms with Crippen molar-refractivity contribution in [1.82, 2.24) is 4.31 Å². The first kappa shape index (κ1) is 22.4. The zero-order chi connectivity index (χ0) is 21.2. The van der Waals surface area contributed by atoms with Crippen LogP contribution in [0.2, 0.25) is 15.1 Å². The summed E-state index contributed by atoms with van der Waals surface area (Å²) in [5, 5.41) is 4.31. The second kappa shape index (κ2) is 9.23. The number of rotatable bonds is 5. The highest BCUT2D eigenvalue weighted by Crippen LogP contribution is 2.27. The van der Waals surface area contributed by atoms with Crippen molar-refractivity contribution >= 4 is 56.4 Å². The van der Waals surface area contributed by atoms with Gasteiger partial charge in [-0.05, 0) is 61.2 Å². The van der Waals surface area contributed by atoms with E-state index in [4.69, 9.17) is 34.8 Å². The van der Waals surface area contributed by atoms with Gasteiger partial charge in [0.05, 0.1) is 5.75 Å². The van der Waals surface area contributed by atoms with Crippen LogP contribution in [-0.2, 0) is 20.6 Å². The first-order valence-electron chi connectivity index (χ1n) is 9.14. The maximum Gasteiger partial charge on any atom is 0.227 e. The number of carbonyl (C=O) groups is 1. The van der Waals surface area contributed by atoms with Gasteiger partial charge in [-0.15, -0.1) is 0 Å². The van der Waals surface area contributed by atoms with Crippen LogP contribution in [0.25, 0.3) is 0 Å². The van der Waals surface area contributed by atoms with Crippen LogP contribution < -0.4 is 5.32 Å². The Morgan fingerprint density at radius 1 is 1.07 bits per heavy atom. The Labute approximate surface area is 186 Å². The summed E-state index contributed by atoms with van der Waals surface area (Å²) in [5.74, 6) is -0.534. The molecule has 2 aromatic rings. The number of nitrogens with one attached hydrogen (secondary N) is 1. The molecular formula is C20H21Cl3N2O3S. The van der Waals surface area contributed by atoms with Gasteiger partial charge in [-0.25, -0.2) is 12.7 Å². The van der Waals surface area contributed by atoms with Gasteiger partial charge < -0.3 is 5.32 Å². The van der Waals surface area contributed by atoms with Gasteiger partial charge in [0.15, 0.2) is 0 Å². The summed E-state index contributed by atoms with van der Waals surface area (Å²) in [6, 6.07) is 10.0. The lowest BCUT2D eigenvalue weighted by atomic mass is 9.97. The molecule has 9 heteroatoms. The van der Waals surface area contributed by atoms with Crippen LogP contribution in [0.15, 0.2) is 36.4 Å². The first-order chi connectivity index (χ1) is 13.7. The van der Waals surface area contributed by atoms with Crippen LogP contribution in [0.1, 0.15) is 24.0 Å². The van der Waals surface area contributed by atoms with Crippen molar-refractivity contribution in [3.8, 4) is 0 Å². The topological polar surface area (TPSA) is 66.5 Å².